The molecule has 0 aliphatic rings. The molecule has 0 aliphatic heterocycles. The summed E-state index contributed by atoms with van der Waals surface area (Å²) in [6, 6.07) is 14.5. The molecular formula is C16H11BrFNO. The fraction of sp³-hybridized carbons (Fsp3) is 0.0625. The molecule has 3 rings (SSSR count). The van der Waals surface area contributed by atoms with Crippen molar-refractivity contribution in [2.75, 3.05) is 0 Å². The molecule has 0 spiro atoms. The highest BCUT2D eigenvalue weighted by Gasteiger charge is 2.10. The molecule has 0 bridgehead atoms. The van der Waals surface area contributed by atoms with Crippen LogP contribution in [0.2, 0.25) is 0 Å². The number of halogens is 2. The Morgan fingerprint density at radius 3 is 2.80 bits per heavy atom. The van der Waals surface area contributed by atoms with Gasteiger partial charge >= 0.3 is 0 Å². The quantitative estimate of drug-likeness (QED) is 0.626. The maximum absolute atomic E-state index is 13.9. The molecule has 100 valence electrons. The lowest BCUT2D eigenvalue weighted by molar-refractivity contribution is 0.437. The van der Waals surface area contributed by atoms with Gasteiger partial charge in [-0.25, -0.2) is 4.39 Å². The van der Waals surface area contributed by atoms with Crippen LogP contribution in [0.25, 0.3) is 10.9 Å². The Morgan fingerprint density at radius 2 is 1.95 bits per heavy atom. The zero-order valence-corrected chi connectivity index (χ0v) is 12.1. The highest BCUT2D eigenvalue weighted by Crippen LogP contribution is 2.30. The highest BCUT2D eigenvalue weighted by molar-refractivity contribution is 9.08. The van der Waals surface area contributed by atoms with Crippen LogP contribution >= 0.6 is 15.9 Å². The van der Waals surface area contributed by atoms with Gasteiger partial charge in [-0.2, -0.15) is 0 Å². The van der Waals surface area contributed by atoms with Crippen molar-refractivity contribution in [2.45, 2.75) is 5.33 Å². The third-order valence-electron chi connectivity index (χ3n) is 2.98. The molecular weight excluding hydrogens is 321 g/mol. The van der Waals surface area contributed by atoms with Crippen LogP contribution in [-0.4, -0.2) is 4.98 Å². The number of para-hydroxylation sites is 2. The van der Waals surface area contributed by atoms with E-state index in [4.69, 9.17) is 4.74 Å². The van der Waals surface area contributed by atoms with Crippen LogP contribution in [0.5, 0.6) is 11.5 Å². The Morgan fingerprint density at radius 1 is 1.10 bits per heavy atom. The summed E-state index contributed by atoms with van der Waals surface area (Å²) in [6.45, 7) is 0. The number of pyridine rings is 1. The topological polar surface area (TPSA) is 22.1 Å². The molecule has 0 amide bonds. The van der Waals surface area contributed by atoms with Crippen molar-refractivity contribution in [2.24, 2.45) is 0 Å². The van der Waals surface area contributed by atoms with Crippen LogP contribution in [0.4, 0.5) is 4.39 Å². The second kappa shape index (κ2) is 5.59. The molecule has 0 saturated carbocycles. The van der Waals surface area contributed by atoms with E-state index in [0.717, 1.165) is 16.5 Å². The standard InChI is InChI=1S/C16H11BrFNO/c17-9-12-5-3-6-14(18)16(12)20-13-8-11-4-1-2-7-15(11)19-10-13/h1-8,10H,9H2. The average Bonchev–Trinajstić information content (AvgIpc) is 2.49. The molecule has 2 nitrogen and oxygen atoms in total. The van der Waals surface area contributed by atoms with Crippen LogP contribution in [-0.2, 0) is 5.33 Å². The molecule has 0 atom stereocenters. The van der Waals surface area contributed by atoms with Gasteiger partial charge in [0.2, 0.25) is 0 Å². The third kappa shape index (κ3) is 2.51. The van der Waals surface area contributed by atoms with Gasteiger partial charge in [0, 0.05) is 16.3 Å². The number of benzene rings is 2. The number of alkyl halides is 1. The molecule has 4 heteroatoms. The summed E-state index contributed by atoms with van der Waals surface area (Å²) in [4.78, 5) is 4.30. The summed E-state index contributed by atoms with van der Waals surface area (Å²) in [5.74, 6) is 0.382. The average molecular weight is 332 g/mol. The first-order valence-electron chi connectivity index (χ1n) is 6.14. The number of fused-ring (bicyclic) bond motifs is 1. The van der Waals surface area contributed by atoms with Gasteiger partial charge in [-0.15, -0.1) is 0 Å². The number of nitrogens with zero attached hydrogens (tertiary/aromatic N) is 1. The number of hydrogen-bond acceptors (Lipinski definition) is 2. The fourth-order valence-corrected chi connectivity index (χ4v) is 2.44. The van der Waals surface area contributed by atoms with E-state index in [1.54, 1.807) is 12.3 Å². The van der Waals surface area contributed by atoms with Gasteiger partial charge in [0.05, 0.1) is 11.7 Å². The SMILES string of the molecule is Fc1cccc(CBr)c1Oc1cnc2ccccc2c1. The van der Waals surface area contributed by atoms with Gasteiger partial charge in [0.1, 0.15) is 5.75 Å². The van der Waals surface area contributed by atoms with Gasteiger partial charge in [-0.05, 0) is 18.2 Å². The Balaban J connectivity index is 2.01. The van der Waals surface area contributed by atoms with E-state index in [1.807, 2.05) is 36.4 Å². The molecule has 0 fully saturated rings. The lowest BCUT2D eigenvalue weighted by atomic mass is 10.2. The molecule has 1 heterocycles. The number of rotatable bonds is 3. The van der Waals surface area contributed by atoms with Gasteiger partial charge in [-0.1, -0.05) is 46.3 Å². The molecule has 1 aromatic heterocycles. The van der Waals surface area contributed by atoms with Crippen LogP contribution in [0.15, 0.2) is 54.7 Å². The van der Waals surface area contributed by atoms with E-state index in [1.165, 1.54) is 6.07 Å². The van der Waals surface area contributed by atoms with E-state index >= 15 is 0 Å². The summed E-state index contributed by atoms with van der Waals surface area (Å²) in [6.07, 6.45) is 1.60. The van der Waals surface area contributed by atoms with E-state index in [9.17, 15) is 4.39 Å². The Labute approximate surface area is 124 Å². The van der Waals surface area contributed by atoms with Crippen LogP contribution in [0, 0.1) is 5.82 Å². The normalized spacial score (nSPS) is 10.7. The minimum Gasteiger partial charge on any atom is -0.452 e. The van der Waals surface area contributed by atoms with Crippen LogP contribution in [0.3, 0.4) is 0 Å². The van der Waals surface area contributed by atoms with Crippen molar-refractivity contribution in [1.82, 2.24) is 4.98 Å². The summed E-state index contributed by atoms with van der Waals surface area (Å²) >= 11 is 3.33. The minimum atomic E-state index is -0.380. The largest absolute Gasteiger partial charge is 0.452 e. The maximum atomic E-state index is 13.9. The van der Waals surface area contributed by atoms with Gasteiger partial charge in [0.15, 0.2) is 11.6 Å². The molecule has 0 N–H and O–H groups in total. The van der Waals surface area contributed by atoms with Crippen molar-refractivity contribution < 1.29 is 9.13 Å². The Kier molecular flexibility index (Phi) is 3.65. The smallest absolute Gasteiger partial charge is 0.167 e. The van der Waals surface area contributed by atoms with Crippen molar-refractivity contribution in [3.05, 3.63) is 66.1 Å². The van der Waals surface area contributed by atoms with Crippen molar-refractivity contribution in [3.8, 4) is 11.5 Å². The molecule has 20 heavy (non-hydrogen) atoms. The molecule has 0 saturated heterocycles. The second-order valence-electron chi connectivity index (χ2n) is 4.33. The van der Waals surface area contributed by atoms with Crippen molar-refractivity contribution in [1.29, 1.82) is 0 Å². The highest BCUT2D eigenvalue weighted by atomic mass is 79.9. The zero-order valence-electron chi connectivity index (χ0n) is 10.5. The predicted molar refractivity (Wildman–Crippen MR) is 80.8 cm³/mol. The van der Waals surface area contributed by atoms with Crippen molar-refractivity contribution in [3.63, 3.8) is 0 Å². The summed E-state index contributed by atoms with van der Waals surface area (Å²) in [7, 11) is 0. The van der Waals surface area contributed by atoms with Gasteiger partial charge < -0.3 is 4.74 Å². The van der Waals surface area contributed by atoms with E-state index in [0.29, 0.717) is 11.1 Å². The minimum absolute atomic E-state index is 0.237. The van der Waals surface area contributed by atoms with Crippen LogP contribution < -0.4 is 4.74 Å². The predicted octanol–water partition coefficient (Wildman–Crippen LogP) is 5.06. The van der Waals surface area contributed by atoms with E-state index in [-0.39, 0.29) is 11.6 Å². The number of hydrogen-bond donors (Lipinski definition) is 0. The van der Waals surface area contributed by atoms with Gasteiger partial charge in [0.25, 0.3) is 0 Å². The van der Waals surface area contributed by atoms with E-state index < -0.39 is 0 Å². The summed E-state index contributed by atoms with van der Waals surface area (Å²) in [5, 5.41) is 1.49. The molecule has 0 aliphatic carbocycles. The monoisotopic (exact) mass is 331 g/mol. The number of aromatic nitrogens is 1. The first-order valence-corrected chi connectivity index (χ1v) is 7.26. The zero-order chi connectivity index (χ0) is 13.9. The second-order valence-corrected chi connectivity index (χ2v) is 4.89. The van der Waals surface area contributed by atoms with Crippen LogP contribution in [0.1, 0.15) is 5.56 Å². The van der Waals surface area contributed by atoms with E-state index in [2.05, 4.69) is 20.9 Å². The fourth-order valence-electron chi connectivity index (χ4n) is 2.00. The Bertz CT molecular complexity index is 760. The maximum Gasteiger partial charge on any atom is 0.167 e. The lowest BCUT2D eigenvalue weighted by Gasteiger charge is -2.10. The Hall–Kier alpha value is -1.94. The summed E-state index contributed by atoms with van der Waals surface area (Å²) < 4.78 is 19.5. The summed E-state index contributed by atoms with van der Waals surface area (Å²) in [5.41, 5.74) is 1.65. The lowest BCUT2D eigenvalue weighted by Crippen LogP contribution is -1.94. The third-order valence-corrected chi connectivity index (χ3v) is 3.58. The van der Waals surface area contributed by atoms with Crippen molar-refractivity contribution >= 4 is 26.8 Å². The first-order chi connectivity index (χ1) is 9.78. The first kappa shape index (κ1) is 13.1. The van der Waals surface area contributed by atoms with Gasteiger partial charge in [-0.3, -0.25) is 4.98 Å². The molecule has 3 aromatic rings. The molecule has 0 unspecified atom stereocenters. The number of ether oxygens (including phenoxy) is 1. The molecule has 0 radical (unpaired) electrons. The molecule has 2 aromatic carbocycles.